The SMILES string of the molecule is C[C@@H](Nc1nc(-c2cccc(C#N)c2)cc(-c2cn(Cc3cccc(C(F)(F)F)n3)nn2)n1)C(=O)O. The topological polar surface area (TPSA) is 142 Å². The predicted molar refractivity (Wildman–Crippen MR) is 120 cm³/mol. The van der Waals surface area contributed by atoms with E-state index in [1.54, 1.807) is 30.3 Å². The fourth-order valence-corrected chi connectivity index (χ4v) is 3.18. The molecule has 0 aliphatic rings. The van der Waals surface area contributed by atoms with Gasteiger partial charge in [0.15, 0.2) is 0 Å². The smallest absolute Gasteiger partial charge is 0.433 e. The predicted octanol–water partition coefficient (Wildman–Crippen LogP) is 3.62. The molecule has 13 heteroatoms. The molecule has 0 aliphatic carbocycles. The Labute approximate surface area is 202 Å². The van der Waals surface area contributed by atoms with Crippen LogP contribution in [0.25, 0.3) is 22.6 Å². The largest absolute Gasteiger partial charge is 0.480 e. The Kier molecular flexibility index (Phi) is 6.60. The second-order valence-corrected chi connectivity index (χ2v) is 7.67. The van der Waals surface area contributed by atoms with Crippen molar-refractivity contribution < 1.29 is 23.1 Å². The first kappa shape index (κ1) is 24.3. The first-order valence-electron chi connectivity index (χ1n) is 10.4. The van der Waals surface area contributed by atoms with Gasteiger partial charge in [-0.1, -0.05) is 23.4 Å². The minimum Gasteiger partial charge on any atom is -0.480 e. The number of halogens is 3. The van der Waals surface area contributed by atoms with E-state index in [1.807, 2.05) is 6.07 Å². The van der Waals surface area contributed by atoms with Crippen molar-refractivity contribution in [2.45, 2.75) is 25.7 Å². The molecule has 3 aromatic heterocycles. The van der Waals surface area contributed by atoms with Crippen LogP contribution in [0.2, 0.25) is 0 Å². The highest BCUT2D eigenvalue weighted by Crippen LogP contribution is 2.28. The average molecular weight is 494 g/mol. The van der Waals surface area contributed by atoms with Gasteiger partial charge in [-0.05, 0) is 37.3 Å². The van der Waals surface area contributed by atoms with Crippen molar-refractivity contribution in [1.82, 2.24) is 29.9 Å². The summed E-state index contributed by atoms with van der Waals surface area (Å²) in [5.41, 5.74) is 1.06. The van der Waals surface area contributed by atoms with E-state index in [1.165, 1.54) is 29.9 Å². The molecule has 1 aromatic carbocycles. The number of aromatic nitrogens is 6. The third-order valence-corrected chi connectivity index (χ3v) is 4.95. The van der Waals surface area contributed by atoms with E-state index in [9.17, 15) is 28.3 Å². The second-order valence-electron chi connectivity index (χ2n) is 7.67. The number of rotatable bonds is 7. The fourth-order valence-electron chi connectivity index (χ4n) is 3.18. The van der Waals surface area contributed by atoms with Crippen molar-refractivity contribution in [3.05, 3.63) is 71.7 Å². The van der Waals surface area contributed by atoms with E-state index in [0.717, 1.165) is 6.07 Å². The number of nitrogens with zero attached hydrogens (tertiary/aromatic N) is 7. The first-order chi connectivity index (χ1) is 17.1. The van der Waals surface area contributed by atoms with Crippen LogP contribution in [0.5, 0.6) is 0 Å². The molecule has 4 rings (SSSR count). The fraction of sp³-hybridized carbons (Fsp3) is 0.174. The zero-order chi connectivity index (χ0) is 25.9. The Morgan fingerprint density at radius 2 is 1.86 bits per heavy atom. The third-order valence-electron chi connectivity index (χ3n) is 4.95. The molecule has 0 radical (unpaired) electrons. The molecule has 4 aromatic rings. The number of hydrogen-bond donors (Lipinski definition) is 2. The molecule has 36 heavy (non-hydrogen) atoms. The van der Waals surface area contributed by atoms with Gasteiger partial charge in [0.25, 0.3) is 0 Å². The lowest BCUT2D eigenvalue weighted by Gasteiger charge is -2.12. The number of anilines is 1. The van der Waals surface area contributed by atoms with Crippen LogP contribution in [0, 0.1) is 11.3 Å². The lowest BCUT2D eigenvalue weighted by Crippen LogP contribution is -2.26. The van der Waals surface area contributed by atoms with Crippen molar-refractivity contribution >= 4 is 11.9 Å². The Hall–Kier alpha value is -4.86. The number of carboxylic acid groups (broad SMARTS) is 1. The molecule has 0 spiro atoms. The number of aliphatic carboxylic acids is 1. The molecule has 0 bridgehead atoms. The maximum absolute atomic E-state index is 13.0. The normalized spacial score (nSPS) is 12.1. The first-order valence-corrected chi connectivity index (χ1v) is 10.4. The van der Waals surface area contributed by atoms with Gasteiger partial charge in [0.05, 0.1) is 41.5 Å². The maximum Gasteiger partial charge on any atom is 0.433 e. The van der Waals surface area contributed by atoms with Crippen LogP contribution >= 0.6 is 0 Å². The van der Waals surface area contributed by atoms with Crippen LogP contribution in [-0.2, 0) is 17.5 Å². The highest BCUT2D eigenvalue weighted by Gasteiger charge is 2.32. The minimum absolute atomic E-state index is 0.00820. The monoisotopic (exact) mass is 494 g/mol. The zero-order valence-electron chi connectivity index (χ0n) is 18.6. The highest BCUT2D eigenvalue weighted by molar-refractivity contribution is 5.76. The van der Waals surface area contributed by atoms with E-state index in [4.69, 9.17) is 0 Å². The maximum atomic E-state index is 13.0. The Morgan fingerprint density at radius 3 is 2.58 bits per heavy atom. The summed E-state index contributed by atoms with van der Waals surface area (Å²) in [5.74, 6) is -1.11. The number of benzene rings is 1. The molecule has 0 amide bonds. The molecule has 0 unspecified atom stereocenters. The van der Waals surface area contributed by atoms with Crippen molar-refractivity contribution in [3.63, 3.8) is 0 Å². The molecular weight excluding hydrogens is 477 g/mol. The van der Waals surface area contributed by atoms with Crippen molar-refractivity contribution in [2.24, 2.45) is 0 Å². The summed E-state index contributed by atoms with van der Waals surface area (Å²) in [7, 11) is 0. The van der Waals surface area contributed by atoms with Gasteiger partial charge in [-0.25, -0.2) is 19.6 Å². The van der Waals surface area contributed by atoms with Crippen LogP contribution in [0.1, 0.15) is 23.9 Å². The second kappa shape index (κ2) is 9.79. The molecule has 10 nitrogen and oxygen atoms in total. The number of pyridine rings is 1. The van der Waals surface area contributed by atoms with Crippen LogP contribution in [-0.4, -0.2) is 47.1 Å². The zero-order valence-corrected chi connectivity index (χ0v) is 18.6. The van der Waals surface area contributed by atoms with Gasteiger partial charge in [0.1, 0.15) is 17.4 Å². The molecule has 0 aliphatic heterocycles. The van der Waals surface area contributed by atoms with Gasteiger partial charge in [0, 0.05) is 5.56 Å². The summed E-state index contributed by atoms with van der Waals surface area (Å²) >= 11 is 0. The number of hydrogen-bond acceptors (Lipinski definition) is 8. The Bertz CT molecular complexity index is 1460. The van der Waals surface area contributed by atoms with Crippen molar-refractivity contribution in [1.29, 1.82) is 5.26 Å². The van der Waals surface area contributed by atoms with Crippen molar-refractivity contribution in [2.75, 3.05) is 5.32 Å². The highest BCUT2D eigenvalue weighted by atomic mass is 19.4. The van der Waals surface area contributed by atoms with Crippen LogP contribution in [0.3, 0.4) is 0 Å². The number of carboxylic acids is 1. The molecule has 0 fully saturated rings. The summed E-state index contributed by atoms with van der Waals surface area (Å²) in [6.07, 6.45) is -3.09. The molecule has 2 N–H and O–H groups in total. The van der Waals surface area contributed by atoms with Gasteiger partial charge >= 0.3 is 12.1 Å². The third kappa shape index (κ3) is 5.61. The quantitative estimate of drug-likeness (QED) is 0.394. The molecule has 1 atom stereocenters. The summed E-state index contributed by atoms with van der Waals surface area (Å²) in [6, 6.07) is 12.9. The van der Waals surface area contributed by atoms with Gasteiger partial charge in [0.2, 0.25) is 5.95 Å². The average Bonchev–Trinajstić information content (AvgIpc) is 3.32. The lowest BCUT2D eigenvalue weighted by atomic mass is 10.1. The Balaban J connectivity index is 1.69. The van der Waals surface area contributed by atoms with E-state index >= 15 is 0 Å². The summed E-state index contributed by atoms with van der Waals surface area (Å²) in [6.45, 7) is 1.35. The molecule has 3 heterocycles. The van der Waals surface area contributed by atoms with E-state index in [-0.39, 0.29) is 29.6 Å². The van der Waals surface area contributed by atoms with E-state index in [2.05, 4.69) is 30.6 Å². The van der Waals surface area contributed by atoms with Crippen LogP contribution in [0.15, 0.2) is 54.7 Å². The summed E-state index contributed by atoms with van der Waals surface area (Å²) in [5, 5.41) is 29.2. The van der Waals surface area contributed by atoms with Crippen LogP contribution < -0.4 is 5.32 Å². The number of carbonyl (C=O) groups is 1. The van der Waals surface area contributed by atoms with E-state index in [0.29, 0.717) is 16.8 Å². The minimum atomic E-state index is -4.57. The van der Waals surface area contributed by atoms with Gasteiger partial charge in [-0.15, -0.1) is 5.10 Å². The molecule has 0 saturated carbocycles. The summed E-state index contributed by atoms with van der Waals surface area (Å²) in [4.78, 5) is 23.6. The number of alkyl halides is 3. The standard InChI is InChI=1S/C23H17F3N8O2/c1-13(21(35)36)28-22-30-17(15-5-2-4-14(8-15)10-27)9-18(31-22)19-12-34(33-32-19)11-16-6-3-7-20(29-16)23(24,25)26/h2-9,12-13H,11H2,1H3,(H,35,36)(H,28,30,31)/t13-/m1/s1. The van der Waals surface area contributed by atoms with Gasteiger partial charge in [-0.2, -0.15) is 18.4 Å². The number of nitriles is 1. The Morgan fingerprint density at radius 1 is 1.11 bits per heavy atom. The van der Waals surface area contributed by atoms with Crippen molar-refractivity contribution in [3.8, 4) is 28.7 Å². The lowest BCUT2D eigenvalue weighted by molar-refractivity contribution is -0.141. The van der Waals surface area contributed by atoms with Gasteiger partial charge < -0.3 is 10.4 Å². The number of nitrogens with one attached hydrogen (secondary N) is 1. The van der Waals surface area contributed by atoms with E-state index < -0.39 is 23.9 Å². The molecular formula is C23H17F3N8O2. The van der Waals surface area contributed by atoms with Crippen LogP contribution in [0.4, 0.5) is 19.1 Å². The molecule has 0 saturated heterocycles. The van der Waals surface area contributed by atoms with Gasteiger partial charge in [-0.3, -0.25) is 4.79 Å². The molecule has 182 valence electrons. The summed E-state index contributed by atoms with van der Waals surface area (Å²) < 4.78 is 40.2.